The van der Waals surface area contributed by atoms with Crippen molar-refractivity contribution >= 4 is 11.9 Å². The van der Waals surface area contributed by atoms with Crippen molar-refractivity contribution in [2.75, 3.05) is 6.54 Å². The minimum atomic E-state index is -0.557. The Morgan fingerprint density at radius 3 is 2.12 bits per heavy atom. The van der Waals surface area contributed by atoms with Gasteiger partial charge in [0.15, 0.2) is 0 Å². The highest BCUT2D eigenvalue weighted by molar-refractivity contribution is 5.82. The third-order valence-electron chi connectivity index (χ3n) is 4.64. The van der Waals surface area contributed by atoms with Crippen LogP contribution in [0.5, 0.6) is 0 Å². The van der Waals surface area contributed by atoms with Crippen LogP contribution in [0.15, 0.2) is 0 Å². The molecule has 140 valence electrons. The van der Waals surface area contributed by atoms with Crippen LogP contribution in [0.1, 0.15) is 90.4 Å². The molecule has 1 amide bonds. The molecule has 0 unspecified atom stereocenters. The molecule has 0 aromatic carbocycles. The van der Waals surface area contributed by atoms with E-state index in [1.165, 1.54) is 57.8 Å². The van der Waals surface area contributed by atoms with Gasteiger partial charge in [-0.25, -0.2) is 0 Å². The van der Waals surface area contributed by atoms with E-state index in [0.29, 0.717) is 19.4 Å². The van der Waals surface area contributed by atoms with Gasteiger partial charge in [0, 0.05) is 12.8 Å². The predicted molar refractivity (Wildman–Crippen MR) is 96.6 cm³/mol. The van der Waals surface area contributed by atoms with E-state index in [9.17, 15) is 9.59 Å². The lowest BCUT2D eigenvalue weighted by atomic mass is 10.0. The summed E-state index contributed by atoms with van der Waals surface area (Å²) in [5.74, 6) is -0.327. The van der Waals surface area contributed by atoms with E-state index in [2.05, 4.69) is 12.2 Å². The second-order valence-electron chi connectivity index (χ2n) is 6.98. The molecule has 1 rings (SSSR count). The molecule has 1 fully saturated rings. The van der Waals surface area contributed by atoms with Crippen LogP contribution in [-0.4, -0.2) is 30.6 Å². The molecule has 0 bridgehead atoms. The number of amides is 1. The van der Waals surface area contributed by atoms with Gasteiger partial charge in [0.05, 0.1) is 12.6 Å². The van der Waals surface area contributed by atoms with Crippen molar-refractivity contribution in [3.63, 3.8) is 0 Å². The number of carbonyl (C=O) groups excluding carboxylic acids is 2. The van der Waals surface area contributed by atoms with Crippen LogP contribution in [0.4, 0.5) is 0 Å². The van der Waals surface area contributed by atoms with Crippen molar-refractivity contribution in [1.82, 2.24) is 5.32 Å². The molecule has 24 heavy (non-hydrogen) atoms. The lowest BCUT2D eigenvalue weighted by Crippen LogP contribution is -2.52. The first-order chi connectivity index (χ1) is 11.6. The molecule has 0 radical (unpaired) electrons. The number of hydrogen-bond acceptors (Lipinski definition) is 4. The summed E-state index contributed by atoms with van der Waals surface area (Å²) in [5.41, 5.74) is 5.65. The number of esters is 1. The number of hydrogen-bond donors (Lipinski definition) is 2. The highest BCUT2D eigenvalue weighted by atomic mass is 16.5. The Bertz CT molecular complexity index is 361. The van der Waals surface area contributed by atoms with Crippen LogP contribution in [-0.2, 0) is 14.3 Å². The third-order valence-corrected chi connectivity index (χ3v) is 4.64. The molecule has 0 saturated carbocycles. The Kier molecular flexibility index (Phi) is 11.5. The summed E-state index contributed by atoms with van der Waals surface area (Å²) >= 11 is 0. The normalized spacial score (nSPS) is 20.7. The van der Waals surface area contributed by atoms with E-state index >= 15 is 0 Å². The van der Waals surface area contributed by atoms with Gasteiger partial charge in [-0.1, -0.05) is 71.1 Å². The van der Waals surface area contributed by atoms with Gasteiger partial charge in [0.25, 0.3) is 0 Å². The van der Waals surface area contributed by atoms with Crippen LogP contribution in [0.3, 0.4) is 0 Å². The summed E-state index contributed by atoms with van der Waals surface area (Å²) < 4.78 is 5.37. The molecule has 5 nitrogen and oxygen atoms in total. The topological polar surface area (TPSA) is 81.4 Å². The smallest absolute Gasteiger partial charge is 0.306 e. The maximum absolute atomic E-state index is 11.8. The zero-order valence-corrected chi connectivity index (χ0v) is 15.4. The monoisotopic (exact) mass is 340 g/mol. The van der Waals surface area contributed by atoms with Crippen LogP contribution < -0.4 is 11.1 Å². The van der Waals surface area contributed by atoms with Gasteiger partial charge in [0.1, 0.15) is 6.10 Å². The largest absolute Gasteiger partial charge is 0.460 e. The van der Waals surface area contributed by atoms with Gasteiger partial charge < -0.3 is 15.8 Å². The van der Waals surface area contributed by atoms with Crippen LogP contribution in [0, 0.1) is 0 Å². The average molecular weight is 341 g/mol. The van der Waals surface area contributed by atoms with E-state index in [1.807, 2.05) is 0 Å². The third kappa shape index (κ3) is 9.91. The van der Waals surface area contributed by atoms with Crippen LogP contribution in [0.25, 0.3) is 0 Å². The highest BCUT2D eigenvalue weighted by Crippen LogP contribution is 2.13. The number of nitrogens with two attached hydrogens (primary N) is 1. The van der Waals surface area contributed by atoms with Gasteiger partial charge in [-0.15, -0.1) is 0 Å². The zero-order valence-electron chi connectivity index (χ0n) is 15.4. The summed E-state index contributed by atoms with van der Waals surface area (Å²) in [5, 5.41) is 2.66. The Morgan fingerprint density at radius 2 is 1.58 bits per heavy atom. The molecule has 2 atom stereocenters. The Labute approximate surface area is 147 Å². The first-order valence-corrected chi connectivity index (χ1v) is 9.86. The van der Waals surface area contributed by atoms with Crippen molar-refractivity contribution < 1.29 is 14.3 Å². The number of rotatable bonds is 13. The van der Waals surface area contributed by atoms with Crippen LogP contribution >= 0.6 is 0 Å². The molecular weight excluding hydrogens is 304 g/mol. The molecule has 1 saturated heterocycles. The van der Waals surface area contributed by atoms with E-state index in [1.54, 1.807) is 0 Å². The molecule has 3 N–H and O–H groups in total. The summed E-state index contributed by atoms with van der Waals surface area (Å²) in [7, 11) is 0. The highest BCUT2D eigenvalue weighted by Gasteiger charge is 2.27. The first-order valence-electron chi connectivity index (χ1n) is 9.86. The minimum Gasteiger partial charge on any atom is -0.460 e. The molecule has 0 aromatic rings. The maximum Gasteiger partial charge on any atom is 0.306 e. The molecule has 5 heteroatoms. The quantitative estimate of drug-likeness (QED) is 0.397. The number of carbonyl (C=O) groups is 2. The fourth-order valence-corrected chi connectivity index (χ4v) is 3.09. The van der Waals surface area contributed by atoms with Gasteiger partial charge >= 0.3 is 5.97 Å². The molecule has 1 heterocycles. The van der Waals surface area contributed by atoms with Gasteiger partial charge in [-0.3, -0.25) is 9.59 Å². The SMILES string of the molecule is CCCCCCCCCCCCCC(=O)O[C@@H]1CNC(=O)[C@@H](N)C1. The standard InChI is InChI=1S/C19H36N2O3/c1-2-3-4-5-6-7-8-9-10-11-12-13-18(22)24-16-14-17(20)19(23)21-15-16/h16-17H,2-15,20H2,1H3,(H,21,23)/t16-,17-/m0/s1. The predicted octanol–water partition coefficient (Wildman–Crippen LogP) is 3.45. The zero-order chi connectivity index (χ0) is 17.6. The van der Waals surface area contributed by atoms with Crippen molar-refractivity contribution in [2.45, 2.75) is 103 Å². The Hall–Kier alpha value is -1.10. The minimum absolute atomic E-state index is 0.160. The van der Waals surface area contributed by atoms with Crippen molar-refractivity contribution in [2.24, 2.45) is 5.73 Å². The molecule has 0 aliphatic carbocycles. The second kappa shape index (κ2) is 13.2. The van der Waals surface area contributed by atoms with E-state index < -0.39 is 6.04 Å². The summed E-state index contributed by atoms with van der Waals surface area (Å²) in [4.78, 5) is 23.0. The van der Waals surface area contributed by atoms with Crippen molar-refractivity contribution in [1.29, 1.82) is 0 Å². The average Bonchev–Trinajstić information content (AvgIpc) is 2.56. The summed E-state index contributed by atoms with van der Waals surface area (Å²) in [6, 6.07) is -0.557. The maximum atomic E-state index is 11.8. The lowest BCUT2D eigenvalue weighted by molar-refractivity contribution is -0.152. The molecule has 0 spiro atoms. The fourth-order valence-electron chi connectivity index (χ4n) is 3.09. The molecule has 1 aliphatic heterocycles. The summed E-state index contributed by atoms with van der Waals surface area (Å²) in [6.45, 7) is 2.63. The van der Waals surface area contributed by atoms with Crippen molar-refractivity contribution in [3.05, 3.63) is 0 Å². The number of piperidine rings is 1. The van der Waals surface area contributed by atoms with E-state index in [0.717, 1.165) is 12.8 Å². The van der Waals surface area contributed by atoms with E-state index in [-0.39, 0.29) is 18.0 Å². The lowest BCUT2D eigenvalue weighted by Gasteiger charge is -2.26. The van der Waals surface area contributed by atoms with Gasteiger partial charge in [-0.2, -0.15) is 0 Å². The van der Waals surface area contributed by atoms with E-state index in [4.69, 9.17) is 10.5 Å². The molecule has 1 aliphatic rings. The molecule has 0 aromatic heterocycles. The Balaban J connectivity index is 1.88. The Morgan fingerprint density at radius 1 is 1.04 bits per heavy atom. The summed E-state index contributed by atoms with van der Waals surface area (Å²) in [6.07, 6.45) is 14.6. The fraction of sp³-hybridized carbons (Fsp3) is 0.895. The van der Waals surface area contributed by atoms with Crippen LogP contribution in [0.2, 0.25) is 0 Å². The number of ether oxygens (including phenoxy) is 1. The van der Waals surface area contributed by atoms with Gasteiger partial charge in [-0.05, 0) is 6.42 Å². The number of nitrogens with one attached hydrogen (secondary N) is 1. The second-order valence-corrected chi connectivity index (χ2v) is 6.98. The van der Waals surface area contributed by atoms with Gasteiger partial charge in [0.2, 0.25) is 5.91 Å². The first kappa shape index (κ1) is 20.9. The number of unbranched alkanes of at least 4 members (excludes halogenated alkanes) is 10. The molecular formula is C19H36N2O3. The van der Waals surface area contributed by atoms with Crippen molar-refractivity contribution in [3.8, 4) is 0 Å².